The number of aryl methyl sites for hydroxylation is 1. The summed E-state index contributed by atoms with van der Waals surface area (Å²) in [4.78, 5) is 0. The molecular weight excluding hydrogens is 260 g/mol. The fourth-order valence-electron chi connectivity index (χ4n) is 2.05. The predicted molar refractivity (Wildman–Crippen MR) is 87.8 cm³/mol. The van der Waals surface area contributed by atoms with Crippen molar-refractivity contribution in [1.29, 1.82) is 0 Å². The van der Waals surface area contributed by atoms with Crippen molar-refractivity contribution in [3.8, 4) is 5.75 Å². The topological polar surface area (TPSA) is 24.8 Å². The number of hydrazone groups is 1. The van der Waals surface area contributed by atoms with E-state index in [1.165, 1.54) is 11.1 Å². The Morgan fingerprint density at radius 3 is 2.57 bits per heavy atom. The average molecular weight is 282 g/mol. The van der Waals surface area contributed by atoms with Crippen molar-refractivity contribution in [3.05, 3.63) is 65.2 Å². The smallest absolute Gasteiger partial charge is 0.123 e. The highest BCUT2D eigenvalue weighted by Crippen LogP contribution is 2.21. The molecular formula is C18H22N2O. The Morgan fingerprint density at radius 2 is 1.86 bits per heavy atom. The second kappa shape index (κ2) is 7.48. The second-order valence-corrected chi connectivity index (χ2v) is 5.23. The van der Waals surface area contributed by atoms with Crippen molar-refractivity contribution < 1.29 is 4.74 Å². The molecule has 0 radical (unpaired) electrons. The summed E-state index contributed by atoms with van der Waals surface area (Å²) in [5.41, 5.74) is 3.57. The molecule has 0 amide bonds. The van der Waals surface area contributed by atoms with Gasteiger partial charge in [-0.05, 0) is 24.1 Å². The van der Waals surface area contributed by atoms with Gasteiger partial charge in [-0.1, -0.05) is 48.0 Å². The second-order valence-electron chi connectivity index (χ2n) is 5.23. The highest BCUT2D eigenvalue weighted by molar-refractivity contribution is 5.63. The minimum atomic E-state index is 0.585. The van der Waals surface area contributed by atoms with Gasteiger partial charge in [0.05, 0.1) is 0 Å². The predicted octanol–water partition coefficient (Wildman–Crippen LogP) is 3.66. The number of nitrogens with zero attached hydrogens (tertiary/aromatic N) is 2. The van der Waals surface area contributed by atoms with E-state index in [4.69, 9.17) is 4.74 Å². The normalized spacial score (nSPS) is 10.8. The van der Waals surface area contributed by atoms with E-state index in [-0.39, 0.29) is 0 Å². The summed E-state index contributed by atoms with van der Waals surface area (Å²) < 4.78 is 5.96. The Kier molecular flexibility index (Phi) is 5.38. The zero-order valence-corrected chi connectivity index (χ0v) is 12.9. The van der Waals surface area contributed by atoms with Crippen LogP contribution in [0.4, 0.5) is 0 Å². The molecule has 0 fully saturated rings. The van der Waals surface area contributed by atoms with Crippen LogP contribution in [0.3, 0.4) is 0 Å². The van der Waals surface area contributed by atoms with Crippen LogP contribution in [-0.4, -0.2) is 25.3 Å². The molecule has 0 N–H and O–H groups in total. The first-order chi connectivity index (χ1) is 10.1. The van der Waals surface area contributed by atoms with Crippen LogP contribution in [0.5, 0.6) is 5.75 Å². The van der Waals surface area contributed by atoms with Gasteiger partial charge in [0.25, 0.3) is 0 Å². The number of rotatable bonds is 6. The fourth-order valence-corrected chi connectivity index (χ4v) is 2.05. The zero-order chi connectivity index (χ0) is 15.1. The summed E-state index contributed by atoms with van der Waals surface area (Å²) in [7, 11) is 3.83. The Morgan fingerprint density at radius 1 is 1.10 bits per heavy atom. The van der Waals surface area contributed by atoms with Gasteiger partial charge >= 0.3 is 0 Å². The molecule has 0 heterocycles. The molecule has 0 aromatic heterocycles. The number of benzene rings is 2. The molecule has 0 aliphatic rings. The molecule has 3 heteroatoms. The van der Waals surface area contributed by atoms with Gasteiger partial charge in [0, 0.05) is 26.7 Å². The zero-order valence-electron chi connectivity index (χ0n) is 12.9. The molecule has 0 spiro atoms. The molecule has 0 saturated heterocycles. The summed E-state index contributed by atoms with van der Waals surface area (Å²) in [5.74, 6) is 0.926. The van der Waals surface area contributed by atoms with Gasteiger partial charge in [-0.15, -0.1) is 0 Å². The SMILES string of the molecule is Cc1ccc(OCc2ccccc2)c(C/C=N/N(C)C)c1. The minimum absolute atomic E-state index is 0.585. The average Bonchev–Trinajstić information content (AvgIpc) is 2.47. The lowest BCUT2D eigenvalue weighted by molar-refractivity contribution is 0.303. The Bertz CT molecular complexity index is 591. The van der Waals surface area contributed by atoms with E-state index >= 15 is 0 Å². The first-order valence-electron chi connectivity index (χ1n) is 7.11. The standard InChI is InChI=1S/C18H22N2O/c1-15-9-10-18(17(13-15)11-12-19-20(2)3)21-14-16-7-5-4-6-8-16/h4-10,12-13H,11,14H2,1-3H3/b19-12+. The molecule has 0 aliphatic heterocycles. The number of ether oxygens (including phenoxy) is 1. The molecule has 2 rings (SSSR count). The highest BCUT2D eigenvalue weighted by atomic mass is 16.5. The fraction of sp³-hybridized carbons (Fsp3) is 0.278. The maximum atomic E-state index is 5.96. The third-order valence-electron chi connectivity index (χ3n) is 3.08. The van der Waals surface area contributed by atoms with Gasteiger partial charge in [0.1, 0.15) is 12.4 Å². The lowest BCUT2D eigenvalue weighted by atomic mass is 10.1. The molecule has 0 bridgehead atoms. The maximum Gasteiger partial charge on any atom is 0.123 e. The van der Waals surface area contributed by atoms with Crippen LogP contribution in [0.1, 0.15) is 16.7 Å². The van der Waals surface area contributed by atoms with E-state index in [0.717, 1.165) is 17.7 Å². The van der Waals surface area contributed by atoms with E-state index in [1.54, 1.807) is 5.01 Å². The van der Waals surface area contributed by atoms with Gasteiger partial charge in [-0.25, -0.2) is 0 Å². The summed E-state index contributed by atoms with van der Waals surface area (Å²) in [6.45, 7) is 2.68. The third-order valence-corrected chi connectivity index (χ3v) is 3.08. The van der Waals surface area contributed by atoms with Crippen LogP contribution >= 0.6 is 0 Å². The Hall–Kier alpha value is -2.29. The number of hydrogen-bond acceptors (Lipinski definition) is 3. The highest BCUT2D eigenvalue weighted by Gasteiger charge is 2.04. The molecule has 0 aliphatic carbocycles. The third kappa shape index (κ3) is 4.95. The van der Waals surface area contributed by atoms with Gasteiger partial charge in [-0.2, -0.15) is 5.10 Å². The van der Waals surface area contributed by atoms with Crippen molar-refractivity contribution in [2.45, 2.75) is 20.0 Å². The summed E-state index contributed by atoms with van der Waals surface area (Å²) in [6, 6.07) is 16.5. The van der Waals surface area contributed by atoms with E-state index in [0.29, 0.717) is 6.61 Å². The Labute approximate surface area is 126 Å². The maximum absolute atomic E-state index is 5.96. The molecule has 2 aromatic rings. The lowest BCUT2D eigenvalue weighted by Crippen LogP contribution is -2.04. The molecule has 0 unspecified atom stereocenters. The molecule has 110 valence electrons. The molecule has 0 atom stereocenters. The largest absolute Gasteiger partial charge is 0.489 e. The van der Waals surface area contributed by atoms with Crippen molar-refractivity contribution in [3.63, 3.8) is 0 Å². The van der Waals surface area contributed by atoms with E-state index in [1.807, 2.05) is 44.6 Å². The first-order valence-corrected chi connectivity index (χ1v) is 7.11. The van der Waals surface area contributed by atoms with E-state index in [9.17, 15) is 0 Å². The van der Waals surface area contributed by atoms with Crippen molar-refractivity contribution in [2.24, 2.45) is 5.10 Å². The summed E-state index contributed by atoms with van der Waals surface area (Å²) >= 11 is 0. The molecule has 0 saturated carbocycles. The van der Waals surface area contributed by atoms with Crippen LogP contribution in [-0.2, 0) is 13.0 Å². The van der Waals surface area contributed by atoms with Crippen LogP contribution in [0.15, 0.2) is 53.6 Å². The van der Waals surface area contributed by atoms with Crippen LogP contribution in [0.25, 0.3) is 0 Å². The monoisotopic (exact) mass is 282 g/mol. The van der Waals surface area contributed by atoms with E-state index in [2.05, 4.69) is 36.3 Å². The van der Waals surface area contributed by atoms with Crippen LogP contribution in [0.2, 0.25) is 0 Å². The van der Waals surface area contributed by atoms with E-state index < -0.39 is 0 Å². The Balaban J connectivity index is 2.07. The molecule has 21 heavy (non-hydrogen) atoms. The van der Waals surface area contributed by atoms with Crippen LogP contribution < -0.4 is 4.74 Å². The van der Waals surface area contributed by atoms with Crippen LogP contribution in [0, 0.1) is 6.92 Å². The quantitative estimate of drug-likeness (QED) is 0.596. The van der Waals surface area contributed by atoms with Crippen molar-refractivity contribution in [2.75, 3.05) is 14.1 Å². The summed E-state index contributed by atoms with van der Waals surface area (Å²) in [6.07, 6.45) is 2.67. The van der Waals surface area contributed by atoms with Gasteiger partial charge in [0.2, 0.25) is 0 Å². The lowest BCUT2D eigenvalue weighted by Gasteiger charge is -2.11. The molecule has 3 nitrogen and oxygen atoms in total. The first kappa shape index (κ1) is 15.1. The van der Waals surface area contributed by atoms with Gasteiger partial charge in [-0.3, -0.25) is 0 Å². The van der Waals surface area contributed by atoms with Crippen molar-refractivity contribution in [1.82, 2.24) is 5.01 Å². The van der Waals surface area contributed by atoms with Gasteiger partial charge in [0.15, 0.2) is 0 Å². The minimum Gasteiger partial charge on any atom is -0.489 e. The summed E-state index contributed by atoms with van der Waals surface area (Å²) in [5, 5.41) is 6.05. The van der Waals surface area contributed by atoms with Gasteiger partial charge < -0.3 is 9.75 Å². The number of hydrogen-bond donors (Lipinski definition) is 0. The molecule has 2 aromatic carbocycles. The van der Waals surface area contributed by atoms with Crippen molar-refractivity contribution >= 4 is 6.21 Å².